The van der Waals surface area contributed by atoms with Crippen molar-refractivity contribution in [3.8, 4) is 0 Å². The van der Waals surface area contributed by atoms with E-state index in [1.54, 1.807) is 6.07 Å². The zero-order chi connectivity index (χ0) is 12.8. The number of rotatable bonds is 1. The van der Waals surface area contributed by atoms with Crippen LogP contribution in [-0.4, -0.2) is 21.1 Å². The third-order valence-electron chi connectivity index (χ3n) is 3.71. The Kier molecular flexibility index (Phi) is 3.00. The van der Waals surface area contributed by atoms with E-state index in [2.05, 4.69) is 9.62 Å². The maximum atomic E-state index is 12.0. The minimum absolute atomic E-state index is 0.299. The van der Waals surface area contributed by atoms with Gasteiger partial charge in [0, 0.05) is 11.1 Å². The largest absolute Gasteiger partial charge is 0.354 e. The zero-order valence-electron chi connectivity index (χ0n) is 9.89. The van der Waals surface area contributed by atoms with Gasteiger partial charge in [-0.2, -0.15) is 4.72 Å². The van der Waals surface area contributed by atoms with Crippen LogP contribution in [0.3, 0.4) is 0 Å². The second kappa shape index (κ2) is 4.40. The Morgan fingerprint density at radius 1 is 1.28 bits per heavy atom. The van der Waals surface area contributed by atoms with Gasteiger partial charge in [0.2, 0.25) is 10.0 Å². The Bertz CT molecular complexity index is 567. The van der Waals surface area contributed by atoms with Crippen LogP contribution in [-0.2, 0) is 10.0 Å². The van der Waals surface area contributed by atoms with Crippen LogP contribution in [0.25, 0.3) is 0 Å². The summed E-state index contributed by atoms with van der Waals surface area (Å²) in [6, 6.07) is 5.53. The summed E-state index contributed by atoms with van der Waals surface area (Å²) in [5.74, 6) is 0. The molecule has 1 heterocycles. The van der Waals surface area contributed by atoms with E-state index in [-0.39, 0.29) is 0 Å². The molecule has 0 aromatic heterocycles. The highest BCUT2D eigenvalue weighted by atomic mass is 35.5. The van der Waals surface area contributed by atoms with E-state index in [1.807, 2.05) is 6.07 Å². The molecule has 98 valence electrons. The summed E-state index contributed by atoms with van der Waals surface area (Å²) >= 11 is 5.90. The molecule has 1 aromatic rings. The zero-order valence-corrected chi connectivity index (χ0v) is 11.5. The highest BCUT2D eigenvalue weighted by molar-refractivity contribution is 7.89. The molecule has 1 fully saturated rings. The summed E-state index contributed by atoms with van der Waals surface area (Å²) in [6.45, 7) is 0.363. The second-order valence-corrected chi connectivity index (χ2v) is 7.00. The van der Waals surface area contributed by atoms with Crippen LogP contribution in [0, 0.1) is 0 Å². The molecule has 0 amide bonds. The van der Waals surface area contributed by atoms with Gasteiger partial charge in [0.25, 0.3) is 0 Å². The highest BCUT2D eigenvalue weighted by Gasteiger charge is 2.32. The van der Waals surface area contributed by atoms with Gasteiger partial charge >= 0.3 is 0 Å². The summed E-state index contributed by atoms with van der Waals surface area (Å²) in [6.07, 6.45) is 4.70. The maximum absolute atomic E-state index is 12.0. The lowest BCUT2D eigenvalue weighted by Gasteiger charge is -2.36. The molecule has 4 nitrogen and oxygen atoms in total. The van der Waals surface area contributed by atoms with E-state index in [0.717, 1.165) is 18.5 Å². The van der Waals surface area contributed by atoms with Crippen LogP contribution >= 0.6 is 11.6 Å². The smallest absolute Gasteiger partial charge is 0.244 e. The minimum Gasteiger partial charge on any atom is -0.354 e. The van der Waals surface area contributed by atoms with E-state index >= 15 is 0 Å². The number of nitrogens with one attached hydrogen (secondary N) is 1. The lowest BCUT2D eigenvalue weighted by molar-refractivity contribution is 0.544. The molecule has 0 radical (unpaired) electrons. The van der Waals surface area contributed by atoms with Gasteiger partial charge in [-0.25, -0.2) is 8.42 Å². The topological polar surface area (TPSA) is 49.4 Å². The van der Waals surface area contributed by atoms with Crippen LogP contribution in [0.1, 0.15) is 25.7 Å². The standard InChI is InChI=1S/C12H15ClN2O2S/c13-9-5-6-11-12(7-9)18(16,17)14-8-15(11)10-3-1-2-4-10/h5-7,10,14H,1-4,8H2. The van der Waals surface area contributed by atoms with Gasteiger partial charge in [-0.15, -0.1) is 0 Å². The quantitative estimate of drug-likeness (QED) is 0.862. The van der Waals surface area contributed by atoms with Crippen molar-refractivity contribution in [3.05, 3.63) is 23.2 Å². The normalized spacial score (nSPS) is 23.1. The number of halogens is 1. The molecule has 18 heavy (non-hydrogen) atoms. The summed E-state index contributed by atoms with van der Waals surface area (Å²) in [5.41, 5.74) is 0.782. The van der Waals surface area contributed by atoms with Gasteiger partial charge in [0.15, 0.2) is 0 Å². The van der Waals surface area contributed by atoms with Crippen molar-refractivity contribution in [2.45, 2.75) is 36.6 Å². The van der Waals surface area contributed by atoms with E-state index in [4.69, 9.17) is 11.6 Å². The fraction of sp³-hybridized carbons (Fsp3) is 0.500. The molecule has 3 rings (SSSR count). The molecule has 6 heteroatoms. The van der Waals surface area contributed by atoms with Gasteiger partial charge in [0.05, 0.1) is 12.4 Å². The number of hydrogen-bond acceptors (Lipinski definition) is 3. The Balaban J connectivity index is 2.07. The molecule has 1 aliphatic carbocycles. The predicted octanol–water partition coefficient (Wildman–Crippen LogP) is 2.34. The molecular formula is C12H15ClN2O2S. The number of fused-ring (bicyclic) bond motifs is 1. The number of nitrogens with zero attached hydrogens (tertiary/aromatic N) is 1. The van der Waals surface area contributed by atoms with Crippen molar-refractivity contribution in [3.63, 3.8) is 0 Å². The monoisotopic (exact) mass is 286 g/mol. The number of hydrogen-bond donors (Lipinski definition) is 1. The number of anilines is 1. The number of benzene rings is 1. The fourth-order valence-electron chi connectivity index (χ4n) is 2.80. The molecule has 1 N–H and O–H groups in total. The molecule has 1 aliphatic heterocycles. The molecule has 0 atom stereocenters. The maximum Gasteiger partial charge on any atom is 0.244 e. The first-order valence-corrected chi connectivity index (χ1v) is 8.00. The van der Waals surface area contributed by atoms with Crippen LogP contribution < -0.4 is 9.62 Å². The second-order valence-electron chi connectivity index (χ2n) is 4.83. The van der Waals surface area contributed by atoms with Crippen LogP contribution in [0.5, 0.6) is 0 Å². The molecule has 0 saturated heterocycles. The van der Waals surface area contributed by atoms with E-state index in [1.165, 1.54) is 18.9 Å². The molecule has 0 spiro atoms. The molecule has 2 aliphatic rings. The van der Waals surface area contributed by atoms with Crippen LogP contribution in [0.15, 0.2) is 23.1 Å². The Hall–Kier alpha value is -0.780. The average Bonchev–Trinajstić information content (AvgIpc) is 2.83. The van der Waals surface area contributed by atoms with Crippen molar-refractivity contribution < 1.29 is 8.42 Å². The van der Waals surface area contributed by atoms with Crippen LogP contribution in [0.4, 0.5) is 5.69 Å². The SMILES string of the molecule is O=S1(=O)NCN(C2CCCC2)c2ccc(Cl)cc21. The third-order valence-corrected chi connectivity index (χ3v) is 5.36. The van der Waals surface area contributed by atoms with Crippen LogP contribution in [0.2, 0.25) is 5.02 Å². The van der Waals surface area contributed by atoms with E-state index in [9.17, 15) is 8.42 Å². The summed E-state index contributed by atoms with van der Waals surface area (Å²) in [4.78, 5) is 2.45. The van der Waals surface area contributed by atoms with Crippen molar-refractivity contribution >= 4 is 27.3 Å². The summed E-state index contributed by atoms with van der Waals surface area (Å²) in [7, 11) is -3.40. The Morgan fingerprint density at radius 2 is 2.00 bits per heavy atom. The van der Waals surface area contributed by atoms with Crippen molar-refractivity contribution in [1.29, 1.82) is 0 Å². The van der Waals surface area contributed by atoms with Crippen molar-refractivity contribution in [1.82, 2.24) is 4.72 Å². The lowest BCUT2D eigenvalue weighted by Crippen LogP contribution is -2.47. The first kappa shape index (κ1) is 12.3. The van der Waals surface area contributed by atoms with Gasteiger partial charge in [-0.3, -0.25) is 0 Å². The van der Waals surface area contributed by atoms with Crippen molar-refractivity contribution in [2.75, 3.05) is 11.6 Å². The first-order valence-electron chi connectivity index (χ1n) is 6.14. The highest BCUT2D eigenvalue weighted by Crippen LogP contribution is 2.35. The lowest BCUT2D eigenvalue weighted by atomic mass is 10.2. The van der Waals surface area contributed by atoms with Gasteiger partial charge < -0.3 is 4.90 Å². The molecule has 0 bridgehead atoms. The summed E-state index contributed by atoms with van der Waals surface area (Å²) in [5, 5.41) is 0.451. The average molecular weight is 287 g/mol. The molecular weight excluding hydrogens is 272 g/mol. The number of sulfonamides is 1. The minimum atomic E-state index is -3.40. The molecule has 1 saturated carbocycles. The van der Waals surface area contributed by atoms with E-state index < -0.39 is 10.0 Å². The fourth-order valence-corrected chi connectivity index (χ4v) is 4.24. The first-order chi connectivity index (χ1) is 8.58. The Labute approximate surface area is 112 Å². The molecule has 1 aromatic carbocycles. The van der Waals surface area contributed by atoms with Gasteiger partial charge in [0.1, 0.15) is 4.90 Å². The molecule has 0 unspecified atom stereocenters. The predicted molar refractivity (Wildman–Crippen MR) is 71.4 cm³/mol. The Morgan fingerprint density at radius 3 is 2.72 bits per heavy atom. The van der Waals surface area contributed by atoms with Gasteiger partial charge in [-0.05, 0) is 31.0 Å². The van der Waals surface area contributed by atoms with Crippen molar-refractivity contribution in [2.24, 2.45) is 0 Å². The summed E-state index contributed by atoms with van der Waals surface area (Å²) < 4.78 is 26.6. The van der Waals surface area contributed by atoms with E-state index in [0.29, 0.717) is 22.6 Å². The van der Waals surface area contributed by atoms with Gasteiger partial charge in [-0.1, -0.05) is 24.4 Å². The third kappa shape index (κ3) is 2.00.